The number of nitrogens with one attached hydrogen (secondary N) is 2. The first kappa shape index (κ1) is 14.6. The molecule has 0 spiro atoms. The van der Waals surface area contributed by atoms with Crippen molar-refractivity contribution in [2.24, 2.45) is 11.3 Å². The first-order chi connectivity index (χ1) is 9.41. The quantitative estimate of drug-likeness (QED) is 0.886. The number of aromatic nitrogens is 1. The Morgan fingerprint density at radius 2 is 2.35 bits per heavy atom. The number of H-pyrrole nitrogens is 1. The summed E-state index contributed by atoms with van der Waals surface area (Å²) in [5.74, 6) is 0.162. The molecule has 108 valence electrons. The number of carbonyl (C=O) groups is 1. The minimum absolute atomic E-state index is 0.0757. The number of hydrogen-bond acceptors (Lipinski definition) is 3. The zero-order valence-electron chi connectivity index (χ0n) is 12.2. The lowest BCUT2D eigenvalue weighted by Crippen LogP contribution is -2.38. The predicted octanol–water partition coefficient (Wildman–Crippen LogP) is 2.07. The number of aromatic amines is 1. The molecule has 0 unspecified atom stereocenters. The largest absolute Gasteiger partial charge is 0.377 e. The molecule has 5 heteroatoms. The maximum Gasteiger partial charge on any atom is 0.267 e. The van der Waals surface area contributed by atoms with E-state index >= 15 is 0 Å². The molecule has 1 amide bonds. The number of hydrogen-bond donors (Lipinski definition) is 2. The van der Waals surface area contributed by atoms with E-state index in [2.05, 4.69) is 31.1 Å². The third-order valence-electron chi connectivity index (χ3n) is 3.65. The highest BCUT2D eigenvalue weighted by atomic mass is 16.5. The van der Waals surface area contributed by atoms with E-state index in [-0.39, 0.29) is 17.4 Å². The van der Waals surface area contributed by atoms with Crippen molar-refractivity contribution < 1.29 is 9.53 Å². The molecule has 0 bridgehead atoms. The summed E-state index contributed by atoms with van der Waals surface area (Å²) in [6.45, 7) is 7.82. The first-order valence-corrected chi connectivity index (χ1v) is 6.90. The molecule has 1 saturated heterocycles. The zero-order chi connectivity index (χ0) is 14.8. The normalized spacial score (nSPS) is 22.5. The predicted molar refractivity (Wildman–Crippen MR) is 75.1 cm³/mol. The fourth-order valence-electron chi connectivity index (χ4n) is 2.71. The van der Waals surface area contributed by atoms with Crippen LogP contribution in [0.4, 0.5) is 0 Å². The molecule has 1 aliphatic rings. The van der Waals surface area contributed by atoms with Gasteiger partial charge in [-0.2, -0.15) is 5.26 Å². The van der Waals surface area contributed by atoms with Gasteiger partial charge in [-0.3, -0.25) is 4.79 Å². The Morgan fingerprint density at radius 3 is 2.95 bits per heavy atom. The second-order valence-corrected chi connectivity index (χ2v) is 6.33. The maximum atomic E-state index is 12.0. The number of nitriles is 1. The molecule has 0 aromatic carbocycles. The van der Waals surface area contributed by atoms with Gasteiger partial charge in [0, 0.05) is 25.3 Å². The summed E-state index contributed by atoms with van der Waals surface area (Å²) in [6.07, 6.45) is 2.67. The van der Waals surface area contributed by atoms with Crippen LogP contribution >= 0.6 is 0 Å². The summed E-state index contributed by atoms with van der Waals surface area (Å²) in [4.78, 5) is 14.8. The average Bonchev–Trinajstić information content (AvgIpc) is 3.03. The van der Waals surface area contributed by atoms with Gasteiger partial charge in [0.2, 0.25) is 0 Å². The molecule has 5 nitrogen and oxygen atoms in total. The van der Waals surface area contributed by atoms with E-state index in [9.17, 15) is 4.79 Å². The minimum Gasteiger partial charge on any atom is -0.377 e. The minimum atomic E-state index is -0.175. The number of nitrogens with zero attached hydrogens (tertiary/aromatic N) is 1. The zero-order valence-corrected chi connectivity index (χ0v) is 12.2. The summed E-state index contributed by atoms with van der Waals surface area (Å²) < 4.78 is 5.79. The second-order valence-electron chi connectivity index (χ2n) is 6.33. The van der Waals surface area contributed by atoms with Gasteiger partial charge in [-0.05, 0) is 17.9 Å². The van der Waals surface area contributed by atoms with Gasteiger partial charge < -0.3 is 15.0 Å². The lowest BCUT2D eigenvalue weighted by Gasteiger charge is -2.31. The lowest BCUT2D eigenvalue weighted by atomic mass is 9.81. The number of amides is 1. The smallest absolute Gasteiger partial charge is 0.267 e. The molecule has 2 N–H and O–H groups in total. The highest BCUT2D eigenvalue weighted by Gasteiger charge is 2.37. The Bertz CT molecular complexity index is 522. The molecular formula is C15H21N3O2. The van der Waals surface area contributed by atoms with E-state index in [0.29, 0.717) is 23.7 Å². The molecule has 20 heavy (non-hydrogen) atoms. The topological polar surface area (TPSA) is 77.9 Å². The van der Waals surface area contributed by atoms with E-state index in [1.54, 1.807) is 6.07 Å². The lowest BCUT2D eigenvalue weighted by molar-refractivity contribution is 0.00736. The van der Waals surface area contributed by atoms with E-state index < -0.39 is 0 Å². The molecule has 2 rings (SSSR count). The van der Waals surface area contributed by atoms with Crippen LogP contribution in [0.25, 0.3) is 0 Å². The molecule has 0 saturated carbocycles. The van der Waals surface area contributed by atoms with Crippen LogP contribution in [-0.2, 0) is 4.74 Å². The Kier molecular flexibility index (Phi) is 4.15. The van der Waals surface area contributed by atoms with Crippen LogP contribution in [0.2, 0.25) is 0 Å². The standard InChI is InChI=1S/C15H21N3O2/c1-15(2,3)13-11(4-5-20-13)9-18-14(19)12-6-10(7-16)8-17-12/h6,8,11,13,17H,4-5,9H2,1-3H3,(H,18,19)/t11-,13+/m1/s1. The number of ether oxygens (including phenoxy) is 1. The fraction of sp³-hybridized carbons (Fsp3) is 0.600. The Morgan fingerprint density at radius 1 is 1.60 bits per heavy atom. The van der Waals surface area contributed by atoms with E-state index in [1.807, 2.05) is 6.07 Å². The van der Waals surface area contributed by atoms with Gasteiger partial charge in [-0.1, -0.05) is 20.8 Å². The van der Waals surface area contributed by atoms with Crippen LogP contribution in [-0.4, -0.2) is 30.1 Å². The van der Waals surface area contributed by atoms with Crippen LogP contribution in [0.5, 0.6) is 0 Å². The van der Waals surface area contributed by atoms with Gasteiger partial charge in [0.05, 0.1) is 11.7 Å². The third-order valence-corrected chi connectivity index (χ3v) is 3.65. The molecule has 1 aromatic rings. The number of rotatable bonds is 3. The van der Waals surface area contributed by atoms with Crippen molar-refractivity contribution in [1.29, 1.82) is 5.26 Å². The van der Waals surface area contributed by atoms with E-state index in [4.69, 9.17) is 10.00 Å². The van der Waals surface area contributed by atoms with Gasteiger partial charge in [-0.25, -0.2) is 0 Å². The summed E-state index contributed by atoms with van der Waals surface area (Å²) in [5, 5.41) is 11.7. The average molecular weight is 275 g/mol. The Balaban J connectivity index is 1.92. The molecule has 1 fully saturated rings. The summed E-state index contributed by atoms with van der Waals surface area (Å²) >= 11 is 0. The summed E-state index contributed by atoms with van der Waals surface area (Å²) in [5.41, 5.74) is 0.964. The van der Waals surface area contributed by atoms with Crippen LogP contribution in [0.3, 0.4) is 0 Å². The molecule has 0 aliphatic carbocycles. The maximum absolute atomic E-state index is 12.0. The Labute approximate surface area is 119 Å². The van der Waals surface area contributed by atoms with E-state index in [0.717, 1.165) is 13.0 Å². The Hall–Kier alpha value is -1.80. The second kappa shape index (κ2) is 5.68. The molecule has 1 aliphatic heterocycles. The highest BCUT2D eigenvalue weighted by molar-refractivity contribution is 5.92. The van der Waals surface area contributed by atoms with E-state index in [1.165, 1.54) is 6.20 Å². The molecule has 1 aromatic heterocycles. The van der Waals surface area contributed by atoms with Crippen molar-refractivity contribution in [2.75, 3.05) is 13.2 Å². The molecule has 2 atom stereocenters. The van der Waals surface area contributed by atoms with Gasteiger partial charge in [-0.15, -0.1) is 0 Å². The molecule has 0 radical (unpaired) electrons. The third kappa shape index (κ3) is 3.20. The fourth-order valence-corrected chi connectivity index (χ4v) is 2.71. The van der Waals surface area contributed by atoms with Crippen molar-refractivity contribution in [2.45, 2.75) is 33.3 Å². The SMILES string of the molecule is CC(C)(C)[C@H]1OCC[C@@H]1CNC(=O)c1cc(C#N)c[nH]1. The van der Waals surface area contributed by atoms with Gasteiger partial charge in [0.15, 0.2) is 0 Å². The van der Waals surface area contributed by atoms with Crippen molar-refractivity contribution in [3.8, 4) is 6.07 Å². The van der Waals surface area contributed by atoms with Gasteiger partial charge in [0.1, 0.15) is 11.8 Å². The summed E-state index contributed by atoms with van der Waals surface area (Å²) in [7, 11) is 0. The number of carbonyl (C=O) groups excluding carboxylic acids is 1. The van der Waals surface area contributed by atoms with Gasteiger partial charge in [0.25, 0.3) is 5.91 Å². The highest BCUT2D eigenvalue weighted by Crippen LogP contribution is 2.34. The monoisotopic (exact) mass is 275 g/mol. The first-order valence-electron chi connectivity index (χ1n) is 6.90. The van der Waals surface area contributed by atoms with Crippen molar-refractivity contribution in [1.82, 2.24) is 10.3 Å². The van der Waals surface area contributed by atoms with Crippen molar-refractivity contribution in [3.05, 3.63) is 23.5 Å². The molecular weight excluding hydrogens is 254 g/mol. The van der Waals surface area contributed by atoms with Crippen LogP contribution in [0.1, 0.15) is 43.2 Å². The van der Waals surface area contributed by atoms with Crippen molar-refractivity contribution in [3.63, 3.8) is 0 Å². The van der Waals surface area contributed by atoms with Gasteiger partial charge >= 0.3 is 0 Å². The molecule has 2 heterocycles. The van der Waals surface area contributed by atoms with Crippen molar-refractivity contribution >= 4 is 5.91 Å². The van der Waals surface area contributed by atoms with Crippen LogP contribution in [0, 0.1) is 22.7 Å². The summed E-state index contributed by atoms with van der Waals surface area (Å²) in [6, 6.07) is 3.55. The van der Waals surface area contributed by atoms with Crippen LogP contribution < -0.4 is 5.32 Å². The van der Waals surface area contributed by atoms with Crippen LogP contribution in [0.15, 0.2) is 12.3 Å².